The summed E-state index contributed by atoms with van der Waals surface area (Å²) in [5.74, 6) is 0.635. The quantitative estimate of drug-likeness (QED) is 0.732. The molecule has 2 atom stereocenters. The molecule has 2 unspecified atom stereocenters. The van der Waals surface area contributed by atoms with Gasteiger partial charge in [0.25, 0.3) is 0 Å². The van der Waals surface area contributed by atoms with E-state index in [1.54, 1.807) is 11.3 Å². The van der Waals surface area contributed by atoms with Gasteiger partial charge in [-0.15, -0.1) is 0 Å². The zero-order valence-corrected chi connectivity index (χ0v) is 8.94. The average Bonchev–Trinajstić information content (AvgIpc) is 2.63. The third kappa shape index (κ3) is 1.53. The molecule has 13 heavy (non-hydrogen) atoms. The first-order valence-corrected chi connectivity index (χ1v) is 5.99. The van der Waals surface area contributed by atoms with E-state index >= 15 is 0 Å². The van der Waals surface area contributed by atoms with Crippen molar-refractivity contribution in [1.29, 1.82) is 0 Å². The van der Waals surface area contributed by atoms with Crippen LogP contribution < -0.4 is 5.73 Å². The summed E-state index contributed by atoms with van der Waals surface area (Å²) in [6.45, 7) is 2.29. The summed E-state index contributed by atoms with van der Waals surface area (Å²) in [4.78, 5) is 0. The lowest BCUT2D eigenvalue weighted by Crippen LogP contribution is -2.44. The molecule has 0 saturated heterocycles. The summed E-state index contributed by atoms with van der Waals surface area (Å²) in [7, 11) is 0. The molecule has 0 bridgehead atoms. The zero-order chi connectivity index (χ0) is 9.31. The molecule has 2 heteroatoms. The first kappa shape index (κ1) is 9.22. The van der Waals surface area contributed by atoms with Gasteiger partial charge in [0, 0.05) is 5.54 Å². The summed E-state index contributed by atoms with van der Waals surface area (Å²) >= 11 is 1.75. The van der Waals surface area contributed by atoms with Crippen LogP contribution in [0.5, 0.6) is 0 Å². The largest absolute Gasteiger partial charge is 0.321 e. The number of thiophene rings is 1. The molecule has 2 rings (SSSR count). The van der Waals surface area contributed by atoms with Crippen molar-refractivity contribution in [2.24, 2.45) is 11.7 Å². The lowest BCUT2D eigenvalue weighted by molar-refractivity contribution is 0.207. The van der Waals surface area contributed by atoms with Crippen molar-refractivity contribution in [2.45, 2.75) is 38.1 Å². The number of hydrogen-bond donors (Lipinski definition) is 1. The molecule has 0 aliphatic heterocycles. The van der Waals surface area contributed by atoms with Gasteiger partial charge in [-0.2, -0.15) is 11.3 Å². The van der Waals surface area contributed by atoms with Gasteiger partial charge in [0.2, 0.25) is 0 Å². The van der Waals surface area contributed by atoms with E-state index in [0.29, 0.717) is 5.92 Å². The molecular weight excluding hydrogens is 178 g/mol. The predicted molar refractivity (Wildman–Crippen MR) is 57.8 cm³/mol. The highest BCUT2D eigenvalue weighted by Gasteiger charge is 2.35. The van der Waals surface area contributed by atoms with Crippen LogP contribution in [0.3, 0.4) is 0 Å². The summed E-state index contributed by atoms with van der Waals surface area (Å²) in [6.07, 6.45) is 5.08. The first-order chi connectivity index (χ1) is 6.23. The lowest BCUT2D eigenvalue weighted by Gasteiger charge is -2.39. The van der Waals surface area contributed by atoms with Crippen molar-refractivity contribution < 1.29 is 0 Å². The van der Waals surface area contributed by atoms with E-state index in [0.717, 1.165) is 6.42 Å². The van der Waals surface area contributed by atoms with Crippen molar-refractivity contribution >= 4 is 11.3 Å². The van der Waals surface area contributed by atoms with Crippen molar-refractivity contribution in [3.63, 3.8) is 0 Å². The molecule has 2 N–H and O–H groups in total. The molecule has 72 valence electrons. The average molecular weight is 195 g/mol. The molecule has 0 aromatic carbocycles. The van der Waals surface area contributed by atoms with Gasteiger partial charge < -0.3 is 5.73 Å². The van der Waals surface area contributed by atoms with Gasteiger partial charge in [-0.25, -0.2) is 0 Å². The van der Waals surface area contributed by atoms with Crippen LogP contribution in [-0.4, -0.2) is 0 Å². The Kier molecular flexibility index (Phi) is 2.43. The Morgan fingerprint density at radius 1 is 1.54 bits per heavy atom. The highest BCUT2D eigenvalue weighted by Crippen LogP contribution is 2.39. The van der Waals surface area contributed by atoms with E-state index in [4.69, 9.17) is 5.73 Å². The maximum absolute atomic E-state index is 6.48. The first-order valence-electron chi connectivity index (χ1n) is 5.05. The van der Waals surface area contributed by atoms with Crippen molar-refractivity contribution in [2.75, 3.05) is 0 Å². The molecule has 0 radical (unpaired) electrons. The van der Waals surface area contributed by atoms with Gasteiger partial charge in [-0.05, 0) is 41.1 Å². The van der Waals surface area contributed by atoms with Gasteiger partial charge in [0.05, 0.1) is 0 Å². The number of nitrogens with two attached hydrogens (primary N) is 1. The van der Waals surface area contributed by atoms with Crippen molar-refractivity contribution in [3.8, 4) is 0 Å². The van der Waals surface area contributed by atoms with Gasteiger partial charge in [0.15, 0.2) is 0 Å². The van der Waals surface area contributed by atoms with Crippen LogP contribution in [0.25, 0.3) is 0 Å². The van der Waals surface area contributed by atoms with E-state index in [1.807, 2.05) is 0 Å². The van der Waals surface area contributed by atoms with E-state index in [2.05, 4.69) is 23.8 Å². The van der Waals surface area contributed by atoms with Crippen LogP contribution in [0.15, 0.2) is 16.8 Å². The molecule has 0 spiro atoms. The molecule has 1 aromatic heterocycles. The summed E-state index contributed by atoms with van der Waals surface area (Å²) in [5.41, 5.74) is 7.80. The maximum Gasteiger partial charge on any atom is 0.0443 e. The minimum absolute atomic E-state index is 0.0295. The Labute approximate surface area is 84.0 Å². The monoisotopic (exact) mass is 195 g/mol. The molecule has 1 nitrogen and oxygen atoms in total. The Balaban J connectivity index is 2.27. The molecule has 1 aliphatic rings. The molecule has 1 aliphatic carbocycles. The smallest absolute Gasteiger partial charge is 0.0443 e. The van der Waals surface area contributed by atoms with Crippen molar-refractivity contribution in [3.05, 3.63) is 22.4 Å². The normalized spacial score (nSPS) is 34.8. The highest BCUT2D eigenvalue weighted by atomic mass is 32.1. The fourth-order valence-corrected chi connectivity index (χ4v) is 3.08. The summed E-state index contributed by atoms with van der Waals surface area (Å²) in [6, 6.07) is 2.19. The summed E-state index contributed by atoms with van der Waals surface area (Å²) < 4.78 is 0. The SMILES string of the molecule is CC1CCCCC1(N)c1ccsc1. The van der Waals surface area contributed by atoms with Crippen LogP contribution in [0, 0.1) is 5.92 Å². The van der Waals surface area contributed by atoms with Gasteiger partial charge >= 0.3 is 0 Å². The Hall–Kier alpha value is -0.340. The number of rotatable bonds is 1. The van der Waals surface area contributed by atoms with Crippen LogP contribution in [0.4, 0.5) is 0 Å². The molecule has 1 saturated carbocycles. The minimum Gasteiger partial charge on any atom is -0.321 e. The summed E-state index contributed by atoms with van der Waals surface area (Å²) in [5, 5.41) is 4.34. The van der Waals surface area contributed by atoms with Crippen LogP contribution in [0.2, 0.25) is 0 Å². The molecule has 1 aromatic rings. The van der Waals surface area contributed by atoms with Crippen LogP contribution >= 0.6 is 11.3 Å². The fraction of sp³-hybridized carbons (Fsp3) is 0.636. The Morgan fingerprint density at radius 3 is 3.00 bits per heavy atom. The third-order valence-electron chi connectivity index (χ3n) is 3.42. The second-order valence-electron chi connectivity index (χ2n) is 4.20. The van der Waals surface area contributed by atoms with Crippen molar-refractivity contribution in [1.82, 2.24) is 0 Å². The molecule has 0 amide bonds. The van der Waals surface area contributed by atoms with Gasteiger partial charge in [-0.3, -0.25) is 0 Å². The van der Waals surface area contributed by atoms with Gasteiger partial charge in [-0.1, -0.05) is 19.8 Å². The predicted octanol–water partition coefficient (Wildman–Crippen LogP) is 3.11. The second-order valence-corrected chi connectivity index (χ2v) is 4.98. The number of hydrogen-bond acceptors (Lipinski definition) is 2. The van der Waals surface area contributed by atoms with Gasteiger partial charge in [0.1, 0.15) is 0 Å². The lowest BCUT2D eigenvalue weighted by atomic mass is 9.71. The van der Waals surface area contributed by atoms with E-state index < -0.39 is 0 Å². The molecule has 1 heterocycles. The standard InChI is InChI=1S/C11H17NS/c1-9-4-2-3-6-11(9,12)10-5-7-13-8-10/h5,7-9H,2-4,6,12H2,1H3. The van der Waals surface area contributed by atoms with E-state index in [1.165, 1.54) is 24.8 Å². The minimum atomic E-state index is -0.0295. The highest BCUT2D eigenvalue weighted by molar-refractivity contribution is 7.08. The third-order valence-corrected chi connectivity index (χ3v) is 4.10. The van der Waals surface area contributed by atoms with Crippen LogP contribution in [0.1, 0.15) is 38.2 Å². The van der Waals surface area contributed by atoms with E-state index in [9.17, 15) is 0 Å². The second kappa shape index (κ2) is 3.43. The maximum atomic E-state index is 6.48. The Bertz CT molecular complexity index is 268. The topological polar surface area (TPSA) is 26.0 Å². The van der Waals surface area contributed by atoms with E-state index in [-0.39, 0.29) is 5.54 Å². The van der Waals surface area contributed by atoms with Crippen LogP contribution in [-0.2, 0) is 5.54 Å². The molecule has 1 fully saturated rings. The fourth-order valence-electron chi connectivity index (χ4n) is 2.33. The molecular formula is C11H17NS. The zero-order valence-electron chi connectivity index (χ0n) is 8.12. The Morgan fingerprint density at radius 2 is 2.38 bits per heavy atom.